The molecule has 2 atom stereocenters. The van der Waals surface area contributed by atoms with Gasteiger partial charge in [-0.2, -0.15) is 0 Å². The van der Waals surface area contributed by atoms with Gasteiger partial charge in [0.1, 0.15) is 0 Å². The van der Waals surface area contributed by atoms with Crippen molar-refractivity contribution < 1.29 is 14.7 Å². The number of amides is 2. The molecule has 0 aliphatic carbocycles. The highest BCUT2D eigenvalue weighted by Gasteiger charge is 2.26. The fourth-order valence-electron chi connectivity index (χ4n) is 4.43. The van der Waals surface area contributed by atoms with Crippen LogP contribution in [0.15, 0.2) is 60.7 Å². The van der Waals surface area contributed by atoms with E-state index in [-0.39, 0.29) is 47.8 Å². The Morgan fingerprint density at radius 1 is 0.500 bits per heavy atom. The first-order chi connectivity index (χ1) is 17.9. The van der Waals surface area contributed by atoms with Crippen molar-refractivity contribution in [1.82, 2.24) is 9.80 Å². The summed E-state index contributed by atoms with van der Waals surface area (Å²) in [6.07, 6.45) is 0. The molecule has 2 rings (SSSR count). The van der Waals surface area contributed by atoms with Crippen LogP contribution in [-0.4, -0.2) is 58.0 Å². The van der Waals surface area contributed by atoms with Gasteiger partial charge in [0.25, 0.3) is 0 Å². The van der Waals surface area contributed by atoms with Crippen LogP contribution in [0.3, 0.4) is 0 Å². The van der Waals surface area contributed by atoms with Crippen molar-refractivity contribution in [3.63, 3.8) is 0 Å². The van der Waals surface area contributed by atoms with Gasteiger partial charge in [0, 0.05) is 31.3 Å². The summed E-state index contributed by atoms with van der Waals surface area (Å²) < 4.78 is 0. The standard InChI is InChI=1S/2C15H23NO.C2H6.CH4O/c2*1-11(2)16(12(3)4)15(17)13(5)14-9-7-6-8-10-14;2*1-2/h2*6-13H,1-5H3;1-2H3;2H,1H3. The Hall–Kier alpha value is -2.66. The Bertz CT molecular complexity index is 775. The molecule has 2 aromatic carbocycles. The normalized spacial score (nSPS) is 11.8. The molecule has 0 aliphatic heterocycles. The number of hydrogen-bond donors (Lipinski definition) is 1. The zero-order valence-corrected chi connectivity index (χ0v) is 26.4. The van der Waals surface area contributed by atoms with E-state index in [1.807, 2.05) is 98.2 Å². The summed E-state index contributed by atoms with van der Waals surface area (Å²) in [7, 11) is 1.00. The average Bonchev–Trinajstić information content (AvgIpc) is 2.90. The Kier molecular flexibility index (Phi) is 20.0. The van der Waals surface area contributed by atoms with Gasteiger partial charge in [-0.1, -0.05) is 74.5 Å². The van der Waals surface area contributed by atoms with Crippen LogP contribution in [0.4, 0.5) is 0 Å². The molecule has 0 bridgehead atoms. The molecule has 5 heteroatoms. The third-order valence-electron chi connectivity index (χ3n) is 6.07. The zero-order valence-electron chi connectivity index (χ0n) is 26.4. The molecule has 0 aliphatic rings. The summed E-state index contributed by atoms with van der Waals surface area (Å²) in [6.45, 7) is 24.5. The van der Waals surface area contributed by atoms with Gasteiger partial charge in [-0.25, -0.2) is 0 Å². The lowest BCUT2D eigenvalue weighted by Gasteiger charge is -2.33. The summed E-state index contributed by atoms with van der Waals surface area (Å²) >= 11 is 0. The summed E-state index contributed by atoms with van der Waals surface area (Å²) in [5, 5.41) is 7.00. The number of rotatable bonds is 8. The fraction of sp³-hybridized carbons (Fsp3) is 0.576. The first-order valence-electron chi connectivity index (χ1n) is 14.1. The molecule has 1 N–H and O–H groups in total. The quantitative estimate of drug-likeness (QED) is 0.386. The highest BCUT2D eigenvalue weighted by atomic mass is 16.2. The topological polar surface area (TPSA) is 60.9 Å². The van der Waals surface area contributed by atoms with E-state index in [9.17, 15) is 9.59 Å². The third-order valence-corrected chi connectivity index (χ3v) is 6.07. The minimum Gasteiger partial charge on any atom is -0.400 e. The van der Waals surface area contributed by atoms with E-state index in [4.69, 9.17) is 5.11 Å². The molecule has 0 saturated heterocycles. The molecule has 2 amide bonds. The zero-order chi connectivity index (χ0) is 30.0. The molecule has 216 valence electrons. The van der Waals surface area contributed by atoms with Gasteiger partial charge in [-0.05, 0) is 80.4 Å². The lowest BCUT2D eigenvalue weighted by atomic mass is 9.98. The molecule has 5 nitrogen and oxygen atoms in total. The number of carbonyl (C=O) groups is 2. The molecule has 0 heterocycles. The Morgan fingerprint density at radius 2 is 0.711 bits per heavy atom. The molecule has 0 spiro atoms. The van der Waals surface area contributed by atoms with E-state index in [0.717, 1.165) is 18.2 Å². The highest BCUT2D eigenvalue weighted by molar-refractivity contribution is 5.84. The lowest BCUT2D eigenvalue weighted by molar-refractivity contribution is -0.136. The van der Waals surface area contributed by atoms with Gasteiger partial charge in [-0.3, -0.25) is 9.59 Å². The van der Waals surface area contributed by atoms with Crippen molar-refractivity contribution in [2.75, 3.05) is 7.11 Å². The third kappa shape index (κ3) is 12.3. The Morgan fingerprint density at radius 3 is 0.895 bits per heavy atom. The lowest BCUT2D eigenvalue weighted by Crippen LogP contribution is -2.44. The summed E-state index contributed by atoms with van der Waals surface area (Å²) in [5.41, 5.74) is 2.17. The molecule has 2 unspecified atom stereocenters. The minimum absolute atomic E-state index is 0.0685. The number of aliphatic hydroxyl groups excluding tert-OH is 1. The second-order valence-corrected chi connectivity index (χ2v) is 10.1. The Labute approximate surface area is 234 Å². The van der Waals surface area contributed by atoms with E-state index >= 15 is 0 Å². The number of hydrogen-bond acceptors (Lipinski definition) is 3. The van der Waals surface area contributed by atoms with Crippen LogP contribution in [0.5, 0.6) is 0 Å². The highest BCUT2D eigenvalue weighted by Crippen LogP contribution is 2.21. The molecule has 0 aromatic heterocycles. The van der Waals surface area contributed by atoms with E-state index in [2.05, 4.69) is 55.4 Å². The first kappa shape index (κ1) is 37.5. The number of aliphatic hydroxyl groups is 1. The van der Waals surface area contributed by atoms with Gasteiger partial charge in [-0.15, -0.1) is 0 Å². The van der Waals surface area contributed by atoms with Crippen molar-refractivity contribution in [2.45, 2.75) is 119 Å². The minimum atomic E-state index is -0.0685. The maximum absolute atomic E-state index is 12.5. The maximum atomic E-state index is 12.5. The van der Waals surface area contributed by atoms with Crippen LogP contribution < -0.4 is 0 Å². The summed E-state index contributed by atoms with van der Waals surface area (Å²) in [6, 6.07) is 20.9. The SMILES string of the molecule is CC.CC(C(=O)N(C(C)C)C(C)C)c1ccccc1.CC(C(=O)N(C(C)C)C(C)C)c1ccccc1.CO. The number of nitrogens with zero attached hydrogens (tertiary/aromatic N) is 2. The maximum Gasteiger partial charge on any atom is 0.230 e. The van der Waals surface area contributed by atoms with Gasteiger partial charge >= 0.3 is 0 Å². The van der Waals surface area contributed by atoms with Crippen LogP contribution in [0.25, 0.3) is 0 Å². The van der Waals surface area contributed by atoms with Crippen molar-refractivity contribution in [3.05, 3.63) is 71.8 Å². The van der Waals surface area contributed by atoms with E-state index < -0.39 is 0 Å². The summed E-state index contributed by atoms with van der Waals surface area (Å²) in [4.78, 5) is 28.8. The van der Waals surface area contributed by atoms with Gasteiger partial charge in [0.15, 0.2) is 0 Å². The van der Waals surface area contributed by atoms with Crippen LogP contribution in [0, 0.1) is 0 Å². The molecular formula is C33H56N2O3. The van der Waals surface area contributed by atoms with Crippen LogP contribution in [-0.2, 0) is 9.59 Å². The van der Waals surface area contributed by atoms with Gasteiger partial charge < -0.3 is 14.9 Å². The monoisotopic (exact) mass is 528 g/mol. The van der Waals surface area contributed by atoms with Gasteiger partial charge in [0.05, 0.1) is 11.8 Å². The molecule has 0 saturated carbocycles. The van der Waals surface area contributed by atoms with Crippen molar-refractivity contribution in [3.8, 4) is 0 Å². The first-order valence-corrected chi connectivity index (χ1v) is 14.1. The predicted octanol–water partition coefficient (Wildman–Crippen LogP) is 7.51. The summed E-state index contributed by atoms with van der Waals surface area (Å²) in [5.74, 6) is 0.282. The van der Waals surface area contributed by atoms with Crippen LogP contribution in [0.2, 0.25) is 0 Å². The second-order valence-electron chi connectivity index (χ2n) is 10.1. The smallest absolute Gasteiger partial charge is 0.230 e. The Balaban J connectivity index is 0. The van der Waals surface area contributed by atoms with Crippen molar-refractivity contribution in [2.24, 2.45) is 0 Å². The molecule has 0 fully saturated rings. The van der Waals surface area contributed by atoms with Gasteiger partial charge in [0.2, 0.25) is 11.8 Å². The second kappa shape index (κ2) is 20.3. The van der Waals surface area contributed by atoms with E-state index in [1.54, 1.807) is 0 Å². The molecule has 38 heavy (non-hydrogen) atoms. The van der Waals surface area contributed by atoms with Crippen molar-refractivity contribution in [1.29, 1.82) is 0 Å². The largest absolute Gasteiger partial charge is 0.400 e. The molecular weight excluding hydrogens is 472 g/mol. The predicted molar refractivity (Wildman–Crippen MR) is 163 cm³/mol. The number of benzene rings is 2. The average molecular weight is 529 g/mol. The van der Waals surface area contributed by atoms with Crippen LogP contribution >= 0.6 is 0 Å². The van der Waals surface area contributed by atoms with Crippen molar-refractivity contribution >= 4 is 11.8 Å². The fourth-order valence-corrected chi connectivity index (χ4v) is 4.43. The van der Waals surface area contributed by atoms with E-state index in [0.29, 0.717) is 0 Å². The molecule has 0 radical (unpaired) electrons. The van der Waals surface area contributed by atoms with E-state index in [1.165, 1.54) is 0 Å². The van der Waals surface area contributed by atoms with Crippen LogP contribution in [0.1, 0.15) is 106 Å². The number of carbonyl (C=O) groups excluding carboxylic acids is 2. The molecule has 2 aromatic rings.